The topological polar surface area (TPSA) is 95.9 Å². The fourth-order valence-electron chi connectivity index (χ4n) is 4.99. The van der Waals surface area contributed by atoms with Crippen LogP contribution in [0.3, 0.4) is 0 Å². The summed E-state index contributed by atoms with van der Waals surface area (Å²) in [5.74, 6) is -0.906. The van der Waals surface area contributed by atoms with Gasteiger partial charge in [-0.2, -0.15) is 0 Å². The fraction of sp³-hybridized carbons (Fsp3) is 0.370. The lowest BCUT2D eigenvalue weighted by molar-refractivity contribution is -0.137. The Balaban J connectivity index is 1.35. The van der Waals surface area contributed by atoms with E-state index in [1.807, 2.05) is 24.3 Å². The number of aliphatic carboxylic acids is 1. The van der Waals surface area contributed by atoms with Crippen molar-refractivity contribution in [3.05, 3.63) is 72.3 Å². The molecule has 7 nitrogen and oxygen atoms in total. The molecule has 1 aliphatic carbocycles. The summed E-state index contributed by atoms with van der Waals surface area (Å²) in [6.45, 7) is 4.95. The number of rotatable bonds is 9. The Bertz CT molecular complexity index is 1040. The number of ether oxygens (including phenoxy) is 1. The van der Waals surface area contributed by atoms with Gasteiger partial charge >= 0.3 is 12.1 Å². The monoisotopic (exact) mass is 462 g/mol. The molecule has 178 valence electrons. The molecule has 1 saturated heterocycles. The quantitative estimate of drug-likeness (QED) is 0.545. The second kappa shape index (κ2) is 10.5. The molecule has 2 amide bonds. The molecule has 34 heavy (non-hydrogen) atoms. The van der Waals surface area contributed by atoms with Crippen LogP contribution in [0.4, 0.5) is 4.79 Å². The number of benzene rings is 2. The van der Waals surface area contributed by atoms with E-state index in [1.54, 1.807) is 11.0 Å². The first kappa shape index (κ1) is 23.5. The number of hydrogen-bond acceptors (Lipinski definition) is 4. The summed E-state index contributed by atoms with van der Waals surface area (Å²) in [5, 5.41) is 11.6. The number of nitrogens with zero attached hydrogens (tertiary/aromatic N) is 1. The number of fused-ring (bicyclic) bond motifs is 3. The fourth-order valence-corrected chi connectivity index (χ4v) is 4.99. The minimum atomic E-state index is -0.828. The van der Waals surface area contributed by atoms with E-state index >= 15 is 0 Å². The van der Waals surface area contributed by atoms with Gasteiger partial charge in [0, 0.05) is 25.4 Å². The summed E-state index contributed by atoms with van der Waals surface area (Å²) in [5.41, 5.74) is 4.55. The lowest BCUT2D eigenvalue weighted by atomic mass is 9.98. The van der Waals surface area contributed by atoms with Gasteiger partial charge in [-0.3, -0.25) is 9.59 Å². The zero-order chi connectivity index (χ0) is 24.1. The molecule has 0 aromatic heterocycles. The Kier molecular flexibility index (Phi) is 7.30. The summed E-state index contributed by atoms with van der Waals surface area (Å²) in [6, 6.07) is 15.5. The highest BCUT2D eigenvalue weighted by Gasteiger charge is 2.33. The van der Waals surface area contributed by atoms with Crippen molar-refractivity contribution >= 4 is 18.0 Å². The van der Waals surface area contributed by atoms with Crippen molar-refractivity contribution in [2.45, 2.75) is 37.6 Å². The van der Waals surface area contributed by atoms with Gasteiger partial charge in [-0.05, 0) is 47.4 Å². The SMILES string of the molecule is C=CCC(NC(=O)OCC1c2ccccc2-c2ccccc21)C(=O)N1CCC(CCC(=O)O)C1. The van der Waals surface area contributed by atoms with Gasteiger partial charge in [0.1, 0.15) is 12.6 Å². The van der Waals surface area contributed by atoms with Gasteiger partial charge in [-0.15, -0.1) is 6.58 Å². The third-order valence-electron chi connectivity index (χ3n) is 6.70. The molecule has 1 heterocycles. The maximum atomic E-state index is 13.0. The summed E-state index contributed by atoms with van der Waals surface area (Å²) in [4.78, 5) is 38.2. The van der Waals surface area contributed by atoms with Crippen molar-refractivity contribution in [2.24, 2.45) is 5.92 Å². The summed E-state index contributed by atoms with van der Waals surface area (Å²) in [7, 11) is 0. The molecule has 2 atom stereocenters. The van der Waals surface area contributed by atoms with E-state index in [2.05, 4.69) is 36.2 Å². The van der Waals surface area contributed by atoms with Gasteiger partial charge in [0.25, 0.3) is 0 Å². The van der Waals surface area contributed by atoms with Crippen molar-refractivity contribution in [3.63, 3.8) is 0 Å². The third kappa shape index (κ3) is 5.14. The number of likely N-dealkylation sites (tertiary alicyclic amines) is 1. The van der Waals surface area contributed by atoms with E-state index in [9.17, 15) is 14.4 Å². The number of nitrogens with one attached hydrogen (secondary N) is 1. The number of hydrogen-bond donors (Lipinski definition) is 2. The van der Waals surface area contributed by atoms with Crippen molar-refractivity contribution in [1.82, 2.24) is 10.2 Å². The van der Waals surface area contributed by atoms with E-state index in [4.69, 9.17) is 9.84 Å². The van der Waals surface area contributed by atoms with Gasteiger partial charge < -0.3 is 20.1 Å². The molecule has 0 spiro atoms. The first-order valence-electron chi connectivity index (χ1n) is 11.7. The first-order chi connectivity index (χ1) is 16.5. The van der Waals surface area contributed by atoms with Crippen LogP contribution in [0, 0.1) is 5.92 Å². The van der Waals surface area contributed by atoms with E-state index in [1.165, 1.54) is 0 Å². The Morgan fingerprint density at radius 2 is 1.76 bits per heavy atom. The molecule has 2 unspecified atom stereocenters. The Morgan fingerprint density at radius 3 is 2.38 bits per heavy atom. The predicted molar refractivity (Wildman–Crippen MR) is 128 cm³/mol. The highest BCUT2D eigenvalue weighted by molar-refractivity contribution is 5.86. The van der Waals surface area contributed by atoms with Crippen LogP contribution in [-0.4, -0.2) is 53.7 Å². The summed E-state index contributed by atoms with van der Waals surface area (Å²) < 4.78 is 5.59. The lowest BCUT2D eigenvalue weighted by Crippen LogP contribution is -2.48. The largest absolute Gasteiger partial charge is 0.481 e. The maximum Gasteiger partial charge on any atom is 0.407 e. The van der Waals surface area contributed by atoms with Crippen LogP contribution in [0.25, 0.3) is 11.1 Å². The standard InChI is InChI=1S/C27H30N2O5/c1-2-7-24(26(32)29-15-14-18(16-29)12-13-25(30)31)28-27(33)34-17-23-21-10-5-3-8-19(21)20-9-4-6-11-22(20)23/h2-6,8-11,18,23-24H,1,7,12-17H2,(H,28,33)(H,30,31). The maximum absolute atomic E-state index is 13.0. The van der Waals surface area contributed by atoms with Crippen LogP contribution in [0.2, 0.25) is 0 Å². The molecular formula is C27H30N2O5. The molecular weight excluding hydrogens is 432 g/mol. The van der Waals surface area contributed by atoms with Crippen LogP contribution in [-0.2, 0) is 14.3 Å². The number of alkyl carbamates (subject to hydrolysis) is 1. The minimum absolute atomic E-state index is 0.0553. The molecule has 2 N–H and O–H groups in total. The molecule has 1 aliphatic heterocycles. The smallest absolute Gasteiger partial charge is 0.407 e. The molecule has 7 heteroatoms. The molecule has 2 aromatic rings. The van der Waals surface area contributed by atoms with Gasteiger partial charge in [0.2, 0.25) is 5.91 Å². The van der Waals surface area contributed by atoms with Crippen molar-refractivity contribution in [2.75, 3.05) is 19.7 Å². The number of carbonyl (C=O) groups excluding carboxylic acids is 2. The van der Waals surface area contributed by atoms with Crippen LogP contribution in [0.15, 0.2) is 61.2 Å². The van der Waals surface area contributed by atoms with Crippen molar-refractivity contribution in [1.29, 1.82) is 0 Å². The number of carboxylic acid groups (broad SMARTS) is 1. The average molecular weight is 463 g/mol. The van der Waals surface area contributed by atoms with E-state index in [0.29, 0.717) is 25.9 Å². The lowest BCUT2D eigenvalue weighted by Gasteiger charge is -2.24. The first-order valence-corrected chi connectivity index (χ1v) is 11.7. The zero-order valence-electron chi connectivity index (χ0n) is 19.1. The van der Waals surface area contributed by atoms with Crippen LogP contribution in [0.1, 0.15) is 42.7 Å². The summed E-state index contributed by atoms with van der Waals surface area (Å²) >= 11 is 0. The molecule has 2 aromatic carbocycles. The minimum Gasteiger partial charge on any atom is -0.481 e. The zero-order valence-corrected chi connectivity index (χ0v) is 19.1. The number of amides is 2. The molecule has 1 fully saturated rings. The van der Waals surface area contributed by atoms with Gasteiger partial charge in [0.15, 0.2) is 0 Å². The second-order valence-corrected chi connectivity index (χ2v) is 8.92. The molecule has 0 saturated carbocycles. The average Bonchev–Trinajstić information content (AvgIpc) is 3.44. The van der Waals surface area contributed by atoms with Gasteiger partial charge in [-0.25, -0.2) is 4.79 Å². The summed E-state index contributed by atoms with van der Waals surface area (Å²) in [6.07, 6.45) is 2.67. The number of carboxylic acids is 1. The predicted octanol–water partition coefficient (Wildman–Crippen LogP) is 4.18. The molecule has 0 radical (unpaired) electrons. The van der Waals surface area contributed by atoms with E-state index in [-0.39, 0.29) is 30.8 Å². The third-order valence-corrected chi connectivity index (χ3v) is 6.70. The van der Waals surface area contributed by atoms with Gasteiger partial charge in [0.05, 0.1) is 0 Å². The Hall–Kier alpha value is -3.61. The highest BCUT2D eigenvalue weighted by Crippen LogP contribution is 2.44. The number of carbonyl (C=O) groups is 3. The molecule has 0 bridgehead atoms. The van der Waals surface area contributed by atoms with Crippen LogP contribution < -0.4 is 5.32 Å². The highest BCUT2D eigenvalue weighted by atomic mass is 16.5. The van der Waals surface area contributed by atoms with E-state index < -0.39 is 18.1 Å². The molecule has 4 rings (SSSR count). The van der Waals surface area contributed by atoms with Crippen molar-refractivity contribution < 1.29 is 24.2 Å². The van der Waals surface area contributed by atoms with Crippen LogP contribution in [0.5, 0.6) is 0 Å². The normalized spacial score (nSPS) is 17.5. The van der Waals surface area contributed by atoms with Crippen molar-refractivity contribution in [3.8, 4) is 11.1 Å². The molecule has 2 aliphatic rings. The van der Waals surface area contributed by atoms with Gasteiger partial charge in [-0.1, -0.05) is 54.6 Å². The Labute approximate surface area is 199 Å². The van der Waals surface area contributed by atoms with Crippen LogP contribution >= 0.6 is 0 Å². The Morgan fingerprint density at radius 1 is 1.12 bits per heavy atom. The van der Waals surface area contributed by atoms with E-state index in [0.717, 1.165) is 28.7 Å². The second-order valence-electron chi connectivity index (χ2n) is 8.92.